The van der Waals surface area contributed by atoms with Gasteiger partial charge in [-0.2, -0.15) is 0 Å². The molecule has 102 valence electrons. The smallest absolute Gasteiger partial charge is 0.0624 e. The Hall–Kier alpha value is -0.120. The van der Waals surface area contributed by atoms with Crippen molar-refractivity contribution in [2.24, 2.45) is 11.8 Å². The molecule has 1 rings (SSSR count). The van der Waals surface area contributed by atoms with Crippen LogP contribution < -0.4 is 5.32 Å². The Labute approximate surface area is 107 Å². The summed E-state index contributed by atoms with van der Waals surface area (Å²) < 4.78 is 5.68. The Bertz CT molecular complexity index is 206. The van der Waals surface area contributed by atoms with Crippen LogP contribution >= 0.6 is 0 Å². The molecule has 0 aliphatic carbocycles. The highest BCUT2D eigenvalue weighted by atomic mass is 16.5. The van der Waals surface area contributed by atoms with Gasteiger partial charge >= 0.3 is 0 Å². The Morgan fingerprint density at radius 1 is 1.29 bits per heavy atom. The summed E-state index contributed by atoms with van der Waals surface area (Å²) in [5.74, 6) is 1.35. The fourth-order valence-corrected chi connectivity index (χ4v) is 2.68. The van der Waals surface area contributed by atoms with Gasteiger partial charge in [0.2, 0.25) is 0 Å². The summed E-state index contributed by atoms with van der Waals surface area (Å²) in [6.07, 6.45) is 0. The average molecular weight is 242 g/mol. The zero-order valence-corrected chi connectivity index (χ0v) is 12.2. The summed E-state index contributed by atoms with van der Waals surface area (Å²) in [5, 5.41) is 3.51. The number of hydrogen-bond acceptors (Lipinski definition) is 3. The first-order valence-corrected chi connectivity index (χ1v) is 7.12. The number of piperazine rings is 1. The summed E-state index contributed by atoms with van der Waals surface area (Å²) in [6, 6.07) is 1.21. The number of ether oxygens (including phenoxy) is 1. The molecular formula is C14H30N2O. The van der Waals surface area contributed by atoms with E-state index in [1.807, 2.05) is 0 Å². The summed E-state index contributed by atoms with van der Waals surface area (Å²) >= 11 is 0. The minimum atomic E-state index is 0.560. The van der Waals surface area contributed by atoms with Gasteiger partial charge in [0.15, 0.2) is 0 Å². The fourth-order valence-electron chi connectivity index (χ4n) is 2.68. The maximum absolute atomic E-state index is 5.68. The van der Waals surface area contributed by atoms with Gasteiger partial charge < -0.3 is 10.1 Å². The summed E-state index contributed by atoms with van der Waals surface area (Å²) in [6.45, 7) is 16.4. The molecule has 3 nitrogen and oxygen atoms in total. The van der Waals surface area contributed by atoms with Crippen molar-refractivity contribution in [3.63, 3.8) is 0 Å². The number of nitrogens with zero attached hydrogens (tertiary/aromatic N) is 1. The Kier molecular flexibility index (Phi) is 6.45. The maximum atomic E-state index is 5.68. The fraction of sp³-hybridized carbons (Fsp3) is 1.00. The second kappa shape index (κ2) is 7.34. The minimum absolute atomic E-state index is 0.560. The SMILES string of the molecule is CCOCC(C(C)C)N1CCNCC1C(C)C. The number of nitrogens with one attached hydrogen (secondary N) is 1. The molecule has 0 spiro atoms. The average Bonchev–Trinajstić information content (AvgIpc) is 2.29. The maximum Gasteiger partial charge on any atom is 0.0624 e. The molecular weight excluding hydrogens is 212 g/mol. The lowest BCUT2D eigenvalue weighted by atomic mass is 9.94. The predicted octanol–water partition coefficient (Wildman–Crippen LogP) is 1.98. The quantitative estimate of drug-likeness (QED) is 0.771. The van der Waals surface area contributed by atoms with Crippen LogP contribution in [0, 0.1) is 11.8 Å². The molecule has 1 heterocycles. The largest absolute Gasteiger partial charge is 0.380 e. The van der Waals surface area contributed by atoms with E-state index < -0.39 is 0 Å². The molecule has 0 saturated carbocycles. The Balaban J connectivity index is 2.67. The van der Waals surface area contributed by atoms with Crippen LogP contribution in [0.1, 0.15) is 34.6 Å². The third-order valence-electron chi connectivity index (χ3n) is 3.78. The van der Waals surface area contributed by atoms with E-state index >= 15 is 0 Å². The van der Waals surface area contributed by atoms with Gasteiger partial charge in [0, 0.05) is 38.3 Å². The minimum Gasteiger partial charge on any atom is -0.380 e. The molecule has 1 aliphatic heterocycles. The predicted molar refractivity (Wildman–Crippen MR) is 73.3 cm³/mol. The van der Waals surface area contributed by atoms with Crippen molar-refractivity contribution in [3.8, 4) is 0 Å². The molecule has 0 bridgehead atoms. The van der Waals surface area contributed by atoms with Crippen LogP contribution in [0.3, 0.4) is 0 Å². The summed E-state index contributed by atoms with van der Waals surface area (Å²) in [5.41, 5.74) is 0. The van der Waals surface area contributed by atoms with Gasteiger partial charge in [-0.1, -0.05) is 27.7 Å². The second-order valence-electron chi connectivity index (χ2n) is 5.72. The number of rotatable bonds is 6. The van der Waals surface area contributed by atoms with Gasteiger partial charge in [-0.15, -0.1) is 0 Å². The zero-order valence-electron chi connectivity index (χ0n) is 12.2. The van der Waals surface area contributed by atoms with Gasteiger partial charge in [-0.3, -0.25) is 4.90 Å². The highest BCUT2D eigenvalue weighted by Crippen LogP contribution is 2.20. The molecule has 1 fully saturated rings. The van der Waals surface area contributed by atoms with E-state index in [1.165, 1.54) is 0 Å². The molecule has 3 heteroatoms. The van der Waals surface area contributed by atoms with Crippen LogP contribution in [-0.2, 0) is 4.74 Å². The van der Waals surface area contributed by atoms with Gasteiger partial charge in [-0.25, -0.2) is 0 Å². The molecule has 0 aromatic carbocycles. The third kappa shape index (κ3) is 4.23. The monoisotopic (exact) mass is 242 g/mol. The van der Waals surface area contributed by atoms with E-state index in [1.54, 1.807) is 0 Å². The Morgan fingerprint density at radius 3 is 2.53 bits per heavy atom. The van der Waals surface area contributed by atoms with Crippen molar-refractivity contribution < 1.29 is 4.74 Å². The van der Waals surface area contributed by atoms with Crippen molar-refractivity contribution in [2.45, 2.75) is 46.7 Å². The lowest BCUT2D eigenvalue weighted by molar-refractivity contribution is -0.000989. The van der Waals surface area contributed by atoms with E-state index in [-0.39, 0.29) is 0 Å². The molecule has 2 atom stereocenters. The van der Waals surface area contributed by atoms with Crippen molar-refractivity contribution >= 4 is 0 Å². The van der Waals surface area contributed by atoms with Crippen LogP contribution in [0.4, 0.5) is 0 Å². The zero-order chi connectivity index (χ0) is 12.8. The molecule has 0 radical (unpaired) electrons. The van der Waals surface area contributed by atoms with Gasteiger partial charge in [0.1, 0.15) is 0 Å². The first-order chi connectivity index (χ1) is 8.07. The molecule has 1 aliphatic rings. The molecule has 0 aromatic rings. The number of hydrogen-bond donors (Lipinski definition) is 1. The lowest BCUT2D eigenvalue weighted by Crippen LogP contribution is -2.59. The highest BCUT2D eigenvalue weighted by Gasteiger charge is 2.32. The van der Waals surface area contributed by atoms with Crippen molar-refractivity contribution in [1.29, 1.82) is 0 Å². The standard InChI is InChI=1S/C14H30N2O/c1-6-17-10-14(12(4)5)16-8-7-15-9-13(16)11(2)3/h11-15H,6-10H2,1-5H3. The lowest BCUT2D eigenvalue weighted by Gasteiger charge is -2.45. The van der Waals surface area contributed by atoms with E-state index in [0.29, 0.717) is 23.9 Å². The highest BCUT2D eigenvalue weighted by molar-refractivity contribution is 4.88. The van der Waals surface area contributed by atoms with Gasteiger partial charge in [0.05, 0.1) is 6.61 Å². The van der Waals surface area contributed by atoms with Gasteiger partial charge in [0.25, 0.3) is 0 Å². The molecule has 17 heavy (non-hydrogen) atoms. The van der Waals surface area contributed by atoms with E-state index in [4.69, 9.17) is 4.74 Å². The summed E-state index contributed by atoms with van der Waals surface area (Å²) in [7, 11) is 0. The van der Waals surface area contributed by atoms with E-state index in [9.17, 15) is 0 Å². The molecule has 1 saturated heterocycles. The van der Waals surface area contributed by atoms with Crippen molar-refractivity contribution in [2.75, 3.05) is 32.8 Å². The third-order valence-corrected chi connectivity index (χ3v) is 3.78. The van der Waals surface area contributed by atoms with Crippen LogP contribution in [0.2, 0.25) is 0 Å². The normalized spacial score (nSPS) is 24.5. The van der Waals surface area contributed by atoms with Gasteiger partial charge in [-0.05, 0) is 18.8 Å². The van der Waals surface area contributed by atoms with Crippen LogP contribution in [-0.4, -0.2) is 49.8 Å². The molecule has 0 aromatic heterocycles. The second-order valence-corrected chi connectivity index (χ2v) is 5.72. The first kappa shape index (κ1) is 14.9. The van der Waals surface area contributed by atoms with E-state index in [2.05, 4.69) is 44.8 Å². The first-order valence-electron chi connectivity index (χ1n) is 7.12. The van der Waals surface area contributed by atoms with E-state index in [0.717, 1.165) is 32.8 Å². The van der Waals surface area contributed by atoms with Crippen molar-refractivity contribution in [1.82, 2.24) is 10.2 Å². The molecule has 2 unspecified atom stereocenters. The molecule has 1 N–H and O–H groups in total. The van der Waals surface area contributed by atoms with Crippen LogP contribution in [0.5, 0.6) is 0 Å². The summed E-state index contributed by atoms with van der Waals surface area (Å²) in [4.78, 5) is 2.67. The van der Waals surface area contributed by atoms with Crippen molar-refractivity contribution in [3.05, 3.63) is 0 Å². The topological polar surface area (TPSA) is 24.5 Å². The van der Waals surface area contributed by atoms with Crippen LogP contribution in [0.25, 0.3) is 0 Å². The Morgan fingerprint density at radius 2 is 2.00 bits per heavy atom. The van der Waals surface area contributed by atoms with Crippen LogP contribution in [0.15, 0.2) is 0 Å². The molecule has 0 amide bonds.